The Labute approximate surface area is 143 Å². The number of nitrogens with zero attached hydrogens (tertiary/aromatic N) is 1. The Balaban J connectivity index is 2.39. The maximum Gasteiger partial charge on any atom is 0.289 e. The summed E-state index contributed by atoms with van der Waals surface area (Å²) in [6.45, 7) is 0. The summed E-state index contributed by atoms with van der Waals surface area (Å²) in [4.78, 5) is 9.85. The number of anilines is 1. The zero-order valence-electron chi connectivity index (χ0n) is 12.6. The van der Waals surface area contributed by atoms with Crippen LogP contribution in [-0.2, 0) is 10.0 Å². The summed E-state index contributed by atoms with van der Waals surface area (Å²) in [6.07, 6.45) is 0. The van der Waals surface area contributed by atoms with E-state index in [1.165, 1.54) is 38.5 Å². The molecule has 0 aliphatic rings. The molecule has 1 N–H and O–H groups in total. The maximum atomic E-state index is 12.4. The van der Waals surface area contributed by atoms with E-state index in [0.29, 0.717) is 11.5 Å². The topological polar surface area (TPSA) is 108 Å². The largest absolute Gasteiger partial charge is 0.493 e. The van der Waals surface area contributed by atoms with E-state index < -0.39 is 20.6 Å². The van der Waals surface area contributed by atoms with Crippen LogP contribution in [0.3, 0.4) is 0 Å². The standard InChI is InChI=1S/C14H13ClN2O6S/c1-22-13-6-3-9(7-14(13)23-2)16-24(20,21)10-4-5-11(15)12(8-10)17(18)19/h3-8,16H,1-2H3. The minimum Gasteiger partial charge on any atom is -0.493 e. The summed E-state index contributed by atoms with van der Waals surface area (Å²) >= 11 is 5.69. The highest BCUT2D eigenvalue weighted by molar-refractivity contribution is 7.92. The van der Waals surface area contributed by atoms with E-state index in [1.807, 2.05) is 0 Å². The molecular formula is C14H13ClN2O6S. The van der Waals surface area contributed by atoms with Crippen LogP contribution in [0, 0.1) is 10.1 Å². The van der Waals surface area contributed by atoms with Gasteiger partial charge in [-0.25, -0.2) is 8.42 Å². The molecule has 8 nitrogen and oxygen atoms in total. The number of hydrogen-bond acceptors (Lipinski definition) is 6. The average Bonchev–Trinajstić information content (AvgIpc) is 2.54. The minimum atomic E-state index is -4.04. The number of nitro benzene ring substituents is 1. The second-order valence-electron chi connectivity index (χ2n) is 4.55. The Hall–Kier alpha value is -2.52. The van der Waals surface area contributed by atoms with Crippen molar-refractivity contribution in [2.75, 3.05) is 18.9 Å². The van der Waals surface area contributed by atoms with Crippen LogP contribution in [0.1, 0.15) is 0 Å². The Kier molecular flexibility index (Phi) is 5.15. The number of rotatable bonds is 6. The van der Waals surface area contributed by atoms with Gasteiger partial charge in [-0.2, -0.15) is 0 Å². The first-order valence-corrected chi connectivity index (χ1v) is 8.33. The fraction of sp³-hybridized carbons (Fsp3) is 0.143. The smallest absolute Gasteiger partial charge is 0.289 e. The third kappa shape index (κ3) is 3.69. The minimum absolute atomic E-state index is 0.148. The summed E-state index contributed by atoms with van der Waals surface area (Å²) in [5.74, 6) is 0.766. The van der Waals surface area contributed by atoms with Gasteiger partial charge in [-0.3, -0.25) is 14.8 Å². The Morgan fingerprint density at radius 3 is 2.33 bits per heavy atom. The molecule has 10 heteroatoms. The van der Waals surface area contributed by atoms with Gasteiger partial charge in [0.25, 0.3) is 15.7 Å². The van der Waals surface area contributed by atoms with E-state index in [2.05, 4.69) is 4.72 Å². The predicted octanol–water partition coefficient (Wildman–Crippen LogP) is 3.07. The van der Waals surface area contributed by atoms with Crippen molar-refractivity contribution in [1.82, 2.24) is 0 Å². The number of sulfonamides is 1. The summed E-state index contributed by atoms with van der Waals surface area (Å²) in [5, 5.41) is 10.7. The molecule has 0 heterocycles. The molecule has 0 unspecified atom stereocenters. The van der Waals surface area contributed by atoms with Crippen LogP contribution < -0.4 is 14.2 Å². The second kappa shape index (κ2) is 6.93. The first-order valence-electron chi connectivity index (χ1n) is 6.47. The second-order valence-corrected chi connectivity index (χ2v) is 6.64. The number of nitro groups is 1. The van der Waals surface area contributed by atoms with E-state index in [-0.39, 0.29) is 15.6 Å². The van der Waals surface area contributed by atoms with Gasteiger partial charge < -0.3 is 9.47 Å². The molecule has 0 bridgehead atoms. The van der Waals surface area contributed by atoms with Crippen molar-refractivity contribution >= 4 is 33.0 Å². The van der Waals surface area contributed by atoms with Crippen LogP contribution >= 0.6 is 11.6 Å². The fourth-order valence-electron chi connectivity index (χ4n) is 1.91. The number of methoxy groups -OCH3 is 2. The van der Waals surface area contributed by atoms with Crippen molar-refractivity contribution in [3.8, 4) is 11.5 Å². The Morgan fingerprint density at radius 2 is 1.75 bits per heavy atom. The van der Waals surface area contributed by atoms with Gasteiger partial charge in [0.15, 0.2) is 11.5 Å². The first kappa shape index (κ1) is 17.8. The highest BCUT2D eigenvalue weighted by atomic mass is 35.5. The molecule has 2 aromatic rings. The lowest BCUT2D eigenvalue weighted by molar-refractivity contribution is -0.384. The van der Waals surface area contributed by atoms with Gasteiger partial charge in [0, 0.05) is 12.1 Å². The Morgan fingerprint density at radius 1 is 1.08 bits per heavy atom. The van der Waals surface area contributed by atoms with Gasteiger partial charge in [0.2, 0.25) is 0 Å². The lowest BCUT2D eigenvalue weighted by Crippen LogP contribution is -2.13. The SMILES string of the molecule is COc1ccc(NS(=O)(=O)c2ccc(Cl)c([N+](=O)[O-])c2)cc1OC. The summed E-state index contributed by atoms with van der Waals surface area (Å²) in [6, 6.07) is 7.66. The number of hydrogen-bond donors (Lipinski definition) is 1. The van der Waals surface area contributed by atoms with E-state index in [4.69, 9.17) is 21.1 Å². The summed E-state index contributed by atoms with van der Waals surface area (Å²) in [5.41, 5.74) is -0.280. The van der Waals surface area contributed by atoms with E-state index >= 15 is 0 Å². The van der Waals surface area contributed by atoms with Crippen LogP contribution in [0.4, 0.5) is 11.4 Å². The molecule has 128 valence electrons. The molecular weight excluding hydrogens is 360 g/mol. The van der Waals surface area contributed by atoms with Gasteiger partial charge in [0.05, 0.1) is 29.7 Å². The molecule has 0 saturated heterocycles. The quantitative estimate of drug-likeness (QED) is 0.616. The highest BCUT2D eigenvalue weighted by Gasteiger charge is 2.21. The number of ether oxygens (including phenoxy) is 2. The summed E-state index contributed by atoms with van der Waals surface area (Å²) < 4.78 is 37.3. The number of benzene rings is 2. The van der Waals surface area contributed by atoms with Gasteiger partial charge >= 0.3 is 0 Å². The van der Waals surface area contributed by atoms with Gasteiger partial charge in [-0.05, 0) is 24.3 Å². The molecule has 2 rings (SSSR count). The average molecular weight is 373 g/mol. The van der Waals surface area contributed by atoms with Crippen LogP contribution in [0.15, 0.2) is 41.3 Å². The molecule has 0 saturated carbocycles. The third-order valence-corrected chi connectivity index (χ3v) is 4.76. The van der Waals surface area contributed by atoms with Crippen molar-refractivity contribution in [3.63, 3.8) is 0 Å². The monoisotopic (exact) mass is 372 g/mol. The first-order chi connectivity index (χ1) is 11.3. The zero-order chi connectivity index (χ0) is 17.9. The molecule has 0 aliphatic carbocycles. The molecule has 0 amide bonds. The molecule has 0 spiro atoms. The van der Waals surface area contributed by atoms with Crippen molar-refractivity contribution in [3.05, 3.63) is 51.5 Å². The molecule has 0 fully saturated rings. The molecule has 0 radical (unpaired) electrons. The zero-order valence-corrected chi connectivity index (χ0v) is 14.2. The Bertz CT molecular complexity index is 885. The van der Waals surface area contributed by atoms with Crippen LogP contribution in [0.25, 0.3) is 0 Å². The van der Waals surface area contributed by atoms with Crippen molar-refractivity contribution in [2.45, 2.75) is 4.90 Å². The van der Waals surface area contributed by atoms with Gasteiger partial charge in [-0.1, -0.05) is 11.6 Å². The predicted molar refractivity (Wildman–Crippen MR) is 88.5 cm³/mol. The molecule has 0 aromatic heterocycles. The van der Waals surface area contributed by atoms with E-state index in [1.54, 1.807) is 0 Å². The normalized spacial score (nSPS) is 11.0. The van der Waals surface area contributed by atoms with Gasteiger partial charge in [0.1, 0.15) is 5.02 Å². The van der Waals surface area contributed by atoms with Crippen LogP contribution in [0.2, 0.25) is 5.02 Å². The number of nitrogens with one attached hydrogen (secondary N) is 1. The molecule has 0 atom stereocenters. The van der Waals surface area contributed by atoms with Crippen molar-refractivity contribution < 1.29 is 22.8 Å². The van der Waals surface area contributed by atoms with Crippen molar-refractivity contribution in [2.24, 2.45) is 0 Å². The lowest BCUT2D eigenvalue weighted by atomic mass is 10.3. The molecule has 24 heavy (non-hydrogen) atoms. The number of halogens is 1. The van der Waals surface area contributed by atoms with Crippen molar-refractivity contribution in [1.29, 1.82) is 0 Å². The lowest BCUT2D eigenvalue weighted by Gasteiger charge is -2.12. The highest BCUT2D eigenvalue weighted by Crippen LogP contribution is 2.32. The van der Waals surface area contributed by atoms with E-state index in [0.717, 1.165) is 12.1 Å². The summed E-state index contributed by atoms with van der Waals surface area (Å²) in [7, 11) is -1.17. The molecule has 2 aromatic carbocycles. The van der Waals surface area contributed by atoms with Gasteiger partial charge in [-0.15, -0.1) is 0 Å². The fourth-order valence-corrected chi connectivity index (χ4v) is 3.17. The van der Waals surface area contributed by atoms with Crippen LogP contribution in [-0.4, -0.2) is 27.6 Å². The van der Waals surface area contributed by atoms with E-state index in [9.17, 15) is 18.5 Å². The van der Waals surface area contributed by atoms with Crippen LogP contribution in [0.5, 0.6) is 11.5 Å². The molecule has 0 aliphatic heterocycles. The maximum absolute atomic E-state index is 12.4. The third-order valence-electron chi connectivity index (χ3n) is 3.06.